The largest absolute Gasteiger partial charge is 0.394 e. The van der Waals surface area contributed by atoms with E-state index in [1.807, 2.05) is 6.07 Å². The number of aromatic nitrogens is 4. The highest BCUT2D eigenvalue weighted by molar-refractivity contribution is 5.84. The zero-order valence-corrected chi connectivity index (χ0v) is 11.5. The highest BCUT2D eigenvalue weighted by Gasteiger charge is 2.18. The van der Waals surface area contributed by atoms with E-state index in [1.54, 1.807) is 0 Å². The van der Waals surface area contributed by atoms with Gasteiger partial charge in [0.15, 0.2) is 0 Å². The second kappa shape index (κ2) is 6.29. The van der Waals surface area contributed by atoms with Gasteiger partial charge in [-0.25, -0.2) is 4.98 Å². The fourth-order valence-corrected chi connectivity index (χ4v) is 1.90. The summed E-state index contributed by atoms with van der Waals surface area (Å²) >= 11 is 0. The highest BCUT2D eigenvalue weighted by Crippen LogP contribution is 2.13. The molecular formula is C12H18N6O2. The van der Waals surface area contributed by atoms with Gasteiger partial charge < -0.3 is 15.7 Å². The third-order valence-electron chi connectivity index (χ3n) is 2.88. The maximum absolute atomic E-state index is 11.6. The van der Waals surface area contributed by atoms with Crippen LogP contribution in [0.4, 0.5) is 5.82 Å². The Labute approximate surface area is 116 Å². The maximum atomic E-state index is 11.6. The monoisotopic (exact) mass is 278 g/mol. The lowest BCUT2D eigenvalue weighted by atomic mass is 10.2. The number of hydrogen-bond acceptors (Lipinski definition) is 6. The molecule has 0 saturated heterocycles. The number of hydrogen-bond donors (Lipinski definition) is 3. The van der Waals surface area contributed by atoms with Crippen molar-refractivity contribution in [1.82, 2.24) is 24.9 Å². The molecule has 0 spiro atoms. The van der Waals surface area contributed by atoms with Crippen molar-refractivity contribution in [2.24, 2.45) is 0 Å². The molecule has 1 atom stereocenters. The summed E-state index contributed by atoms with van der Waals surface area (Å²) in [6.07, 6.45) is 3.16. The van der Waals surface area contributed by atoms with Gasteiger partial charge in [0, 0.05) is 18.8 Å². The van der Waals surface area contributed by atoms with E-state index >= 15 is 0 Å². The summed E-state index contributed by atoms with van der Waals surface area (Å²) < 4.78 is 1.50. The standard InChI is InChI=1S/C12H18N6O2/c1-3-4-8-5-10(17-9(6-19)11(20)13-2)18-12(16-8)14-7-15-18/h5,7,9,17,19H,3-4,6H2,1-2H3,(H,13,20). The number of aliphatic hydroxyl groups excluding tert-OH is 1. The smallest absolute Gasteiger partial charge is 0.254 e. The minimum atomic E-state index is -0.746. The lowest BCUT2D eigenvalue weighted by Crippen LogP contribution is -2.40. The van der Waals surface area contributed by atoms with Gasteiger partial charge in [-0.3, -0.25) is 4.79 Å². The first-order valence-electron chi connectivity index (χ1n) is 6.48. The summed E-state index contributed by atoms with van der Waals surface area (Å²) in [5.41, 5.74) is 0.865. The fourth-order valence-electron chi connectivity index (χ4n) is 1.90. The summed E-state index contributed by atoms with van der Waals surface area (Å²) in [5.74, 6) is 0.750. The van der Waals surface area contributed by atoms with E-state index in [9.17, 15) is 9.90 Å². The molecule has 0 bridgehead atoms. The molecule has 1 unspecified atom stereocenters. The summed E-state index contributed by atoms with van der Waals surface area (Å²) in [5, 5.41) is 18.8. The maximum Gasteiger partial charge on any atom is 0.254 e. The van der Waals surface area contributed by atoms with Crippen molar-refractivity contribution < 1.29 is 9.90 Å². The number of carbonyl (C=O) groups is 1. The van der Waals surface area contributed by atoms with Crippen molar-refractivity contribution in [2.45, 2.75) is 25.8 Å². The Kier molecular flexibility index (Phi) is 4.46. The lowest BCUT2D eigenvalue weighted by Gasteiger charge is -2.16. The molecule has 0 fully saturated rings. The summed E-state index contributed by atoms with van der Waals surface area (Å²) in [6, 6.07) is 1.07. The number of fused-ring (bicyclic) bond motifs is 1. The molecule has 2 aromatic rings. The quantitative estimate of drug-likeness (QED) is 0.664. The molecule has 0 radical (unpaired) electrons. The lowest BCUT2D eigenvalue weighted by molar-refractivity contribution is -0.122. The number of likely N-dealkylation sites (N-methyl/N-ethyl adjacent to an activating group) is 1. The van der Waals surface area contributed by atoms with Crippen LogP contribution in [-0.2, 0) is 11.2 Å². The molecule has 0 aromatic carbocycles. The van der Waals surface area contributed by atoms with Crippen LogP contribution >= 0.6 is 0 Å². The van der Waals surface area contributed by atoms with E-state index in [0.717, 1.165) is 18.5 Å². The second-order valence-corrected chi connectivity index (χ2v) is 4.35. The van der Waals surface area contributed by atoms with Gasteiger partial charge in [-0.2, -0.15) is 14.6 Å². The number of nitrogens with zero attached hydrogens (tertiary/aromatic N) is 4. The van der Waals surface area contributed by atoms with Crippen LogP contribution in [0.5, 0.6) is 0 Å². The fraction of sp³-hybridized carbons (Fsp3) is 0.500. The van der Waals surface area contributed by atoms with Crippen molar-refractivity contribution in [2.75, 3.05) is 19.0 Å². The SMILES string of the molecule is CCCc1cc(NC(CO)C(=O)NC)n2ncnc2n1. The van der Waals surface area contributed by atoms with Crippen molar-refractivity contribution in [3.05, 3.63) is 18.1 Å². The van der Waals surface area contributed by atoms with Gasteiger partial charge in [0.05, 0.1) is 6.61 Å². The number of aryl methyl sites for hydroxylation is 1. The van der Waals surface area contributed by atoms with Crippen LogP contribution in [0.1, 0.15) is 19.0 Å². The zero-order valence-electron chi connectivity index (χ0n) is 11.5. The number of amides is 1. The third-order valence-corrected chi connectivity index (χ3v) is 2.88. The number of aliphatic hydroxyl groups is 1. The van der Waals surface area contributed by atoms with Crippen LogP contribution in [0.3, 0.4) is 0 Å². The Hall–Kier alpha value is -2.22. The number of nitrogens with one attached hydrogen (secondary N) is 2. The predicted octanol–water partition coefficient (Wildman–Crippen LogP) is -0.404. The van der Waals surface area contributed by atoms with Gasteiger partial charge in [-0.1, -0.05) is 13.3 Å². The first-order valence-corrected chi connectivity index (χ1v) is 6.48. The molecule has 0 saturated carbocycles. The number of rotatable bonds is 6. The van der Waals surface area contributed by atoms with E-state index in [-0.39, 0.29) is 12.5 Å². The molecule has 20 heavy (non-hydrogen) atoms. The Morgan fingerprint density at radius 3 is 3.00 bits per heavy atom. The van der Waals surface area contributed by atoms with Crippen LogP contribution in [0.25, 0.3) is 5.78 Å². The van der Waals surface area contributed by atoms with Gasteiger partial charge >= 0.3 is 0 Å². The molecule has 8 nitrogen and oxygen atoms in total. The molecule has 0 aliphatic carbocycles. The van der Waals surface area contributed by atoms with Gasteiger partial charge in [-0.05, 0) is 6.42 Å². The van der Waals surface area contributed by atoms with Crippen molar-refractivity contribution in [1.29, 1.82) is 0 Å². The van der Waals surface area contributed by atoms with Crippen molar-refractivity contribution in [3.63, 3.8) is 0 Å². The molecule has 0 aliphatic heterocycles. The Balaban J connectivity index is 2.36. The molecule has 1 amide bonds. The predicted molar refractivity (Wildman–Crippen MR) is 73.3 cm³/mol. The Morgan fingerprint density at radius 1 is 1.55 bits per heavy atom. The summed E-state index contributed by atoms with van der Waals surface area (Å²) in [6.45, 7) is 1.74. The van der Waals surface area contributed by atoms with Crippen LogP contribution in [0.2, 0.25) is 0 Å². The highest BCUT2D eigenvalue weighted by atomic mass is 16.3. The van der Waals surface area contributed by atoms with Gasteiger partial charge in [0.1, 0.15) is 18.2 Å². The normalized spacial score (nSPS) is 12.3. The molecule has 108 valence electrons. The van der Waals surface area contributed by atoms with Crippen LogP contribution in [-0.4, -0.2) is 50.3 Å². The van der Waals surface area contributed by atoms with Crippen LogP contribution < -0.4 is 10.6 Å². The van der Waals surface area contributed by atoms with Gasteiger partial charge in [-0.15, -0.1) is 0 Å². The topological polar surface area (TPSA) is 104 Å². The van der Waals surface area contributed by atoms with Crippen LogP contribution in [0.15, 0.2) is 12.4 Å². The number of anilines is 1. The first-order chi connectivity index (χ1) is 9.69. The average Bonchev–Trinajstić information content (AvgIpc) is 2.92. The summed E-state index contributed by atoms with van der Waals surface area (Å²) in [4.78, 5) is 20.1. The molecule has 8 heteroatoms. The van der Waals surface area contributed by atoms with Crippen molar-refractivity contribution in [3.8, 4) is 0 Å². The molecule has 2 heterocycles. The summed E-state index contributed by atoms with van der Waals surface area (Å²) in [7, 11) is 1.52. The van der Waals surface area contributed by atoms with E-state index in [1.165, 1.54) is 17.9 Å². The molecule has 2 aromatic heterocycles. The Bertz CT molecular complexity index is 597. The first kappa shape index (κ1) is 14.2. The average molecular weight is 278 g/mol. The number of carbonyl (C=O) groups excluding carboxylic acids is 1. The molecule has 0 aliphatic rings. The van der Waals surface area contributed by atoms with E-state index < -0.39 is 6.04 Å². The van der Waals surface area contributed by atoms with Crippen LogP contribution in [0, 0.1) is 0 Å². The Morgan fingerprint density at radius 2 is 2.35 bits per heavy atom. The van der Waals surface area contributed by atoms with Crippen molar-refractivity contribution >= 4 is 17.5 Å². The van der Waals surface area contributed by atoms with Gasteiger partial charge in [0.25, 0.3) is 5.78 Å². The molecule has 3 N–H and O–H groups in total. The molecular weight excluding hydrogens is 260 g/mol. The molecule has 2 rings (SSSR count). The minimum absolute atomic E-state index is 0.297. The van der Waals surface area contributed by atoms with E-state index in [0.29, 0.717) is 11.6 Å². The third kappa shape index (κ3) is 2.85. The van der Waals surface area contributed by atoms with E-state index in [4.69, 9.17) is 0 Å². The zero-order chi connectivity index (χ0) is 14.5. The second-order valence-electron chi connectivity index (χ2n) is 4.35. The minimum Gasteiger partial charge on any atom is -0.394 e. The van der Waals surface area contributed by atoms with Gasteiger partial charge in [0.2, 0.25) is 5.91 Å². The van der Waals surface area contributed by atoms with E-state index in [2.05, 4.69) is 32.6 Å².